The summed E-state index contributed by atoms with van der Waals surface area (Å²) in [5.74, 6) is 0.463. The Kier molecular flexibility index (Phi) is 4.21. The first-order valence-electron chi connectivity index (χ1n) is 6.35. The second-order valence-corrected chi connectivity index (χ2v) is 4.79. The largest absolute Gasteiger partial charge is 0.479 e. The molecule has 0 bridgehead atoms. The van der Waals surface area contributed by atoms with Gasteiger partial charge in [-0.3, -0.25) is 4.79 Å². The lowest BCUT2D eigenvalue weighted by Crippen LogP contribution is -2.26. The molecule has 19 heavy (non-hydrogen) atoms. The van der Waals surface area contributed by atoms with Crippen molar-refractivity contribution in [3.63, 3.8) is 0 Å². The topological polar surface area (TPSA) is 66.5 Å². The molecule has 1 aliphatic heterocycles. The maximum atomic E-state index is 12.2. The summed E-state index contributed by atoms with van der Waals surface area (Å²) in [6.45, 7) is 1.62. The monoisotopic (exact) mass is 264 g/mol. The summed E-state index contributed by atoms with van der Waals surface area (Å²) in [5.41, 5.74) is 1.51. The Morgan fingerprint density at radius 1 is 1.58 bits per heavy atom. The fraction of sp³-hybridized carbons (Fsp3) is 0.538. The number of anilines is 2. The van der Waals surface area contributed by atoms with E-state index in [1.54, 1.807) is 13.3 Å². The highest BCUT2D eigenvalue weighted by molar-refractivity contribution is 5.97. The number of ether oxygens (including phenoxy) is 1. The lowest BCUT2D eigenvalue weighted by atomic mass is 10.1. The van der Waals surface area contributed by atoms with Crippen LogP contribution in [0, 0.1) is 5.92 Å². The summed E-state index contributed by atoms with van der Waals surface area (Å²) < 4.78 is 5.23. The summed E-state index contributed by atoms with van der Waals surface area (Å²) in [7, 11) is 5.39. The second kappa shape index (κ2) is 5.88. The molecule has 1 unspecified atom stereocenters. The van der Waals surface area contributed by atoms with Gasteiger partial charge in [-0.15, -0.1) is 0 Å². The van der Waals surface area contributed by atoms with Gasteiger partial charge in [-0.1, -0.05) is 0 Å². The summed E-state index contributed by atoms with van der Waals surface area (Å²) in [6.07, 6.45) is 2.53. The molecule has 6 heteroatoms. The highest BCUT2D eigenvalue weighted by Crippen LogP contribution is 2.32. The van der Waals surface area contributed by atoms with Gasteiger partial charge >= 0.3 is 0 Å². The maximum absolute atomic E-state index is 12.2. The molecule has 1 atom stereocenters. The van der Waals surface area contributed by atoms with Crippen molar-refractivity contribution >= 4 is 17.3 Å². The van der Waals surface area contributed by atoms with E-state index in [2.05, 4.69) is 15.6 Å². The Bertz CT molecular complexity index is 456. The number of aromatic nitrogens is 1. The SMILES string of the molecule is COc1nccc(N(C)C)c1NC(=O)C1CCNC1. The third kappa shape index (κ3) is 2.96. The molecule has 1 aromatic rings. The van der Waals surface area contributed by atoms with Crippen LogP contribution in [-0.4, -0.2) is 45.2 Å². The third-order valence-electron chi connectivity index (χ3n) is 3.25. The van der Waals surface area contributed by atoms with Gasteiger partial charge in [0.15, 0.2) is 0 Å². The van der Waals surface area contributed by atoms with Gasteiger partial charge < -0.3 is 20.3 Å². The lowest BCUT2D eigenvalue weighted by molar-refractivity contribution is -0.119. The van der Waals surface area contributed by atoms with Crippen LogP contribution in [0.1, 0.15) is 6.42 Å². The van der Waals surface area contributed by atoms with Crippen LogP contribution in [-0.2, 0) is 4.79 Å². The summed E-state index contributed by atoms with van der Waals surface area (Å²) >= 11 is 0. The Hall–Kier alpha value is -1.82. The predicted molar refractivity (Wildman–Crippen MR) is 74.7 cm³/mol. The molecule has 2 N–H and O–H groups in total. The number of carbonyl (C=O) groups excluding carboxylic acids is 1. The van der Waals surface area contributed by atoms with E-state index in [4.69, 9.17) is 4.74 Å². The van der Waals surface area contributed by atoms with Crippen LogP contribution in [0.3, 0.4) is 0 Å². The molecule has 104 valence electrons. The van der Waals surface area contributed by atoms with Gasteiger partial charge in [-0.2, -0.15) is 0 Å². The van der Waals surface area contributed by atoms with Crippen molar-refractivity contribution in [3.05, 3.63) is 12.3 Å². The zero-order valence-corrected chi connectivity index (χ0v) is 11.6. The number of nitrogens with one attached hydrogen (secondary N) is 2. The fourth-order valence-corrected chi connectivity index (χ4v) is 2.18. The number of hydrogen-bond acceptors (Lipinski definition) is 5. The van der Waals surface area contributed by atoms with Crippen LogP contribution in [0.25, 0.3) is 0 Å². The van der Waals surface area contributed by atoms with Crippen LogP contribution in [0.4, 0.5) is 11.4 Å². The van der Waals surface area contributed by atoms with E-state index in [0.717, 1.165) is 25.2 Å². The minimum absolute atomic E-state index is 0.0133. The molecule has 1 saturated heterocycles. The molecule has 0 aromatic carbocycles. The number of nitrogens with zero attached hydrogens (tertiary/aromatic N) is 2. The average Bonchev–Trinajstić information content (AvgIpc) is 2.92. The van der Waals surface area contributed by atoms with Gasteiger partial charge in [-0.25, -0.2) is 4.98 Å². The number of amides is 1. The first kappa shape index (κ1) is 13.6. The molecule has 1 fully saturated rings. The Morgan fingerprint density at radius 3 is 2.95 bits per heavy atom. The minimum Gasteiger partial charge on any atom is -0.479 e. The van der Waals surface area contributed by atoms with Crippen LogP contribution >= 0.6 is 0 Å². The van der Waals surface area contributed by atoms with Crippen molar-refractivity contribution in [1.82, 2.24) is 10.3 Å². The highest BCUT2D eigenvalue weighted by atomic mass is 16.5. The number of rotatable bonds is 4. The van der Waals surface area contributed by atoms with E-state index in [1.807, 2.05) is 25.1 Å². The van der Waals surface area contributed by atoms with Crippen LogP contribution < -0.4 is 20.3 Å². The summed E-state index contributed by atoms with van der Waals surface area (Å²) in [5, 5.41) is 6.13. The molecular weight excluding hydrogens is 244 g/mol. The van der Waals surface area contributed by atoms with Crippen molar-refractivity contribution < 1.29 is 9.53 Å². The normalized spacial score (nSPS) is 18.2. The van der Waals surface area contributed by atoms with Gasteiger partial charge in [0.2, 0.25) is 11.8 Å². The quantitative estimate of drug-likeness (QED) is 0.838. The molecule has 2 rings (SSSR count). The van der Waals surface area contributed by atoms with Gasteiger partial charge in [0.05, 0.1) is 18.7 Å². The van der Waals surface area contributed by atoms with E-state index >= 15 is 0 Å². The number of carbonyl (C=O) groups is 1. The smallest absolute Gasteiger partial charge is 0.239 e. The zero-order valence-electron chi connectivity index (χ0n) is 11.6. The third-order valence-corrected chi connectivity index (χ3v) is 3.25. The molecular formula is C13H20N4O2. The van der Waals surface area contributed by atoms with Crippen molar-refractivity contribution in [1.29, 1.82) is 0 Å². The van der Waals surface area contributed by atoms with Crippen molar-refractivity contribution in [2.45, 2.75) is 6.42 Å². The van der Waals surface area contributed by atoms with E-state index in [-0.39, 0.29) is 11.8 Å². The van der Waals surface area contributed by atoms with Gasteiger partial charge in [0.1, 0.15) is 5.69 Å². The molecule has 1 aliphatic rings. The number of methoxy groups -OCH3 is 1. The first-order chi connectivity index (χ1) is 9.13. The van der Waals surface area contributed by atoms with Crippen molar-refractivity contribution in [2.75, 3.05) is 44.5 Å². The lowest BCUT2D eigenvalue weighted by Gasteiger charge is -2.20. The Balaban J connectivity index is 2.24. The minimum atomic E-state index is 0.0133. The van der Waals surface area contributed by atoms with Crippen molar-refractivity contribution in [2.24, 2.45) is 5.92 Å². The van der Waals surface area contributed by atoms with Crippen molar-refractivity contribution in [3.8, 4) is 5.88 Å². The molecule has 1 aromatic heterocycles. The van der Waals surface area contributed by atoms with Gasteiger partial charge in [-0.05, 0) is 19.0 Å². The standard InChI is InChI=1S/C13H20N4O2/c1-17(2)10-5-7-15-13(19-3)11(10)16-12(18)9-4-6-14-8-9/h5,7,9,14H,4,6,8H2,1-3H3,(H,16,18). The number of hydrogen-bond donors (Lipinski definition) is 2. The van der Waals surface area contributed by atoms with Crippen LogP contribution in [0.2, 0.25) is 0 Å². The van der Waals surface area contributed by atoms with Crippen LogP contribution in [0.15, 0.2) is 12.3 Å². The fourth-order valence-electron chi connectivity index (χ4n) is 2.18. The van der Waals surface area contributed by atoms with E-state index in [1.165, 1.54) is 0 Å². The molecule has 0 aliphatic carbocycles. The molecule has 2 heterocycles. The second-order valence-electron chi connectivity index (χ2n) is 4.79. The Labute approximate surface area is 113 Å². The number of pyridine rings is 1. The first-order valence-corrected chi connectivity index (χ1v) is 6.35. The van der Waals surface area contributed by atoms with Gasteiger partial charge in [0.25, 0.3) is 0 Å². The molecule has 0 radical (unpaired) electrons. The maximum Gasteiger partial charge on any atom is 0.239 e. The average molecular weight is 264 g/mol. The molecule has 0 spiro atoms. The summed E-state index contributed by atoms with van der Waals surface area (Å²) in [6, 6.07) is 1.85. The Morgan fingerprint density at radius 2 is 2.37 bits per heavy atom. The van der Waals surface area contributed by atoms with Gasteiger partial charge in [0, 0.05) is 26.8 Å². The summed E-state index contributed by atoms with van der Waals surface area (Å²) in [4.78, 5) is 18.3. The van der Waals surface area contributed by atoms with E-state index in [0.29, 0.717) is 11.6 Å². The predicted octanol–water partition coefficient (Wildman–Crippen LogP) is 0.704. The zero-order chi connectivity index (χ0) is 13.8. The van der Waals surface area contributed by atoms with E-state index < -0.39 is 0 Å². The molecule has 6 nitrogen and oxygen atoms in total. The van der Waals surface area contributed by atoms with Crippen LogP contribution in [0.5, 0.6) is 5.88 Å². The van der Waals surface area contributed by atoms with E-state index in [9.17, 15) is 4.79 Å². The molecule has 1 amide bonds. The molecule has 0 saturated carbocycles. The highest BCUT2D eigenvalue weighted by Gasteiger charge is 2.24.